The zero-order valence-electron chi connectivity index (χ0n) is 15.1. The highest BCUT2D eigenvalue weighted by Gasteiger charge is 2.22. The maximum Gasteiger partial charge on any atom is 0.249 e. The summed E-state index contributed by atoms with van der Waals surface area (Å²) in [5, 5.41) is 8.38. The van der Waals surface area contributed by atoms with Crippen molar-refractivity contribution < 1.29 is 9.21 Å². The zero-order valence-corrected chi connectivity index (χ0v) is 15.1. The van der Waals surface area contributed by atoms with Crippen LogP contribution in [-0.4, -0.2) is 38.7 Å². The van der Waals surface area contributed by atoms with Crippen LogP contribution in [0.5, 0.6) is 0 Å². The molecular formula is C20H22N4O2. The van der Waals surface area contributed by atoms with Gasteiger partial charge in [0.2, 0.25) is 17.7 Å². The fourth-order valence-corrected chi connectivity index (χ4v) is 3.49. The molecule has 134 valence electrons. The van der Waals surface area contributed by atoms with Crippen molar-refractivity contribution in [2.75, 3.05) is 13.1 Å². The molecule has 0 unspecified atom stereocenters. The Balaban J connectivity index is 1.60. The Hall–Kier alpha value is -2.89. The van der Waals surface area contributed by atoms with Gasteiger partial charge in [0.25, 0.3) is 0 Å². The minimum Gasteiger partial charge on any atom is -0.416 e. The molecule has 0 N–H and O–H groups in total. The molecule has 1 aliphatic rings. The van der Waals surface area contributed by atoms with Crippen molar-refractivity contribution in [3.63, 3.8) is 0 Å². The lowest BCUT2D eigenvalue weighted by molar-refractivity contribution is -0.130. The molecule has 0 spiro atoms. The first kappa shape index (κ1) is 16.6. The molecule has 1 aromatic carbocycles. The summed E-state index contributed by atoms with van der Waals surface area (Å²) < 4.78 is 7.91. The highest BCUT2D eigenvalue weighted by Crippen LogP contribution is 2.28. The lowest BCUT2D eigenvalue weighted by Crippen LogP contribution is -2.31. The van der Waals surface area contributed by atoms with Crippen LogP contribution < -0.4 is 0 Å². The number of aromatic nitrogens is 3. The average molecular weight is 350 g/mol. The number of hydrogen-bond acceptors (Lipinski definition) is 4. The van der Waals surface area contributed by atoms with E-state index < -0.39 is 0 Å². The van der Waals surface area contributed by atoms with Crippen LogP contribution in [0.1, 0.15) is 24.2 Å². The van der Waals surface area contributed by atoms with Crippen molar-refractivity contribution in [1.29, 1.82) is 0 Å². The van der Waals surface area contributed by atoms with Gasteiger partial charge in [-0.25, -0.2) is 0 Å². The number of carbonyl (C=O) groups is 1. The molecule has 0 bridgehead atoms. The first-order valence-corrected chi connectivity index (χ1v) is 8.97. The number of nitrogens with zero attached hydrogens (tertiary/aromatic N) is 4. The van der Waals surface area contributed by atoms with Crippen LogP contribution in [0.2, 0.25) is 0 Å². The van der Waals surface area contributed by atoms with E-state index in [1.165, 1.54) is 0 Å². The molecule has 0 saturated carbocycles. The third-order valence-electron chi connectivity index (χ3n) is 5.00. The molecule has 1 aliphatic heterocycles. The monoisotopic (exact) mass is 350 g/mol. The molecule has 6 nitrogen and oxygen atoms in total. The summed E-state index contributed by atoms with van der Waals surface area (Å²) in [7, 11) is 0. The molecule has 26 heavy (non-hydrogen) atoms. The minimum absolute atomic E-state index is 0.173. The molecule has 6 heteroatoms. The van der Waals surface area contributed by atoms with E-state index >= 15 is 0 Å². The molecule has 0 radical (unpaired) electrons. The predicted octanol–water partition coefficient (Wildman–Crippen LogP) is 3.44. The van der Waals surface area contributed by atoms with E-state index in [1.807, 2.05) is 59.7 Å². The van der Waals surface area contributed by atoms with Crippen molar-refractivity contribution in [1.82, 2.24) is 19.7 Å². The van der Waals surface area contributed by atoms with Gasteiger partial charge in [0.1, 0.15) is 6.54 Å². The number of amides is 1. The van der Waals surface area contributed by atoms with Gasteiger partial charge in [0, 0.05) is 30.0 Å². The second-order valence-corrected chi connectivity index (χ2v) is 6.74. The number of benzene rings is 1. The zero-order chi connectivity index (χ0) is 18.1. The normalized spacial score (nSPS) is 14.2. The van der Waals surface area contributed by atoms with E-state index in [2.05, 4.69) is 10.2 Å². The van der Waals surface area contributed by atoms with Crippen molar-refractivity contribution in [2.24, 2.45) is 0 Å². The first-order valence-electron chi connectivity index (χ1n) is 8.97. The Morgan fingerprint density at radius 1 is 1.08 bits per heavy atom. The highest BCUT2D eigenvalue weighted by atomic mass is 16.4. The quantitative estimate of drug-likeness (QED) is 0.723. The van der Waals surface area contributed by atoms with Crippen LogP contribution in [0, 0.1) is 13.8 Å². The van der Waals surface area contributed by atoms with Gasteiger partial charge in [-0.2, -0.15) is 0 Å². The summed E-state index contributed by atoms with van der Waals surface area (Å²) >= 11 is 0. The van der Waals surface area contributed by atoms with E-state index in [1.54, 1.807) is 0 Å². The molecular weight excluding hydrogens is 328 g/mol. The Kier molecular flexibility index (Phi) is 4.32. The number of likely N-dealkylation sites (tertiary alicyclic amines) is 1. The largest absolute Gasteiger partial charge is 0.416 e. The first-order chi connectivity index (χ1) is 12.6. The Morgan fingerprint density at radius 2 is 1.77 bits per heavy atom. The molecule has 3 aromatic rings. The smallest absolute Gasteiger partial charge is 0.249 e. The van der Waals surface area contributed by atoms with Gasteiger partial charge in [0.15, 0.2) is 0 Å². The summed E-state index contributed by atoms with van der Waals surface area (Å²) in [5.41, 5.74) is 3.76. The fourth-order valence-electron chi connectivity index (χ4n) is 3.49. The number of carbonyl (C=O) groups excluding carboxylic acids is 1. The Labute approximate surface area is 152 Å². The topological polar surface area (TPSA) is 64.2 Å². The van der Waals surface area contributed by atoms with Crippen molar-refractivity contribution in [2.45, 2.75) is 33.2 Å². The summed E-state index contributed by atoms with van der Waals surface area (Å²) in [5.74, 6) is 1.15. The molecule has 0 atom stereocenters. The van der Waals surface area contributed by atoms with Crippen LogP contribution >= 0.6 is 0 Å². The molecule has 1 amide bonds. The van der Waals surface area contributed by atoms with E-state index in [9.17, 15) is 4.79 Å². The molecule has 4 rings (SSSR count). The third kappa shape index (κ3) is 3.03. The van der Waals surface area contributed by atoms with E-state index in [0.29, 0.717) is 18.3 Å². The second kappa shape index (κ2) is 6.78. The standard InChI is InChI=1S/C20H22N4O2/c1-14-12-17(15(2)24(14)13-18(25)23-10-6-7-11-23)20-22-21-19(26-20)16-8-4-3-5-9-16/h3-5,8-9,12H,6-7,10-11,13H2,1-2H3. The maximum atomic E-state index is 12.5. The molecule has 3 heterocycles. The summed E-state index contributed by atoms with van der Waals surface area (Å²) in [6.07, 6.45) is 2.20. The van der Waals surface area contributed by atoms with E-state index in [0.717, 1.165) is 48.4 Å². The SMILES string of the molecule is Cc1cc(-c2nnc(-c3ccccc3)o2)c(C)n1CC(=O)N1CCCC1. The van der Waals surface area contributed by atoms with Crippen molar-refractivity contribution >= 4 is 5.91 Å². The Bertz CT molecular complexity index is 921. The van der Waals surface area contributed by atoms with Crippen LogP contribution in [0.4, 0.5) is 0 Å². The van der Waals surface area contributed by atoms with Crippen LogP contribution in [0.3, 0.4) is 0 Å². The van der Waals surface area contributed by atoms with Crippen molar-refractivity contribution in [3.05, 3.63) is 47.8 Å². The summed E-state index contributed by atoms with van der Waals surface area (Å²) in [6.45, 7) is 6.09. The van der Waals surface area contributed by atoms with Crippen LogP contribution in [0.25, 0.3) is 22.9 Å². The fraction of sp³-hybridized carbons (Fsp3) is 0.350. The van der Waals surface area contributed by atoms with Gasteiger partial charge in [-0.05, 0) is 44.9 Å². The molecule has 1 fully saturated rings. The predicted molar refractivity (Wildman–Crippen MR) is 98.4 cm³/mol. The summed E-state index contributed by atoms with van der Waals surface area (Å²) in [6, 6.07) is 11.7. The van der Waals surface area contributed by atoms with Gasteiger partial charge in [0.05, 0.1) is 5.56 Å². The van der Waals surface area contributed by atoms with Crippen LogP contribution in [0.15, 0.2) is 40.8 Å². The minimum atomic E-state index is 0.173. The van der Waals surface area contributed by atoms with Gasteiger partial charge >= 0.3 is 0 Å². The van der Waals surface area contributed by atoms with Crippen LogP contribution in [-0.2, 0) is 11.3 Å². The molecule has 0 aliphatic carbocycles. The van der Waals surface area contributed by atoms with E-state index in [4.69, 9.17) is 4.42 Å². The van der Waals surface area contributed by atoms with Gasteiger partial charge in [-0.15, -0.1) is 10.2 Å². The Morgan fingerprint density at radius 3 is 2.50 bits per heavy atom. The molecule has 2 aromatic heterocycles. The lowest BCUT2D eigenvalue weighted by atomic mass is 10.2. The average Bonchev–Trinajstić information content (AvgIpc) is 3.39. The summed E-state index contributed by atoms with van der Waals surface area (Å²) in [4.78, 5) is 14.5. The van der Waals surface area contributed by atoms with E-state index in [-0.39, 0.29) is 5.91 Å². The highest BCUT2D eigenvalue weighted by molar-refractivity contribution is 5.77. The second-order valence-electron chi connectivity index (χ2n) is 6.74. The third-order valence-corrected chi connectivity index (χ3v) is 5.00. The molecule has 1 saturated heterocycles. The van der Waals surface area contributed by atoms with Crippen molar-refractivity contribution in [3.8, 4) is 22.9 Å². The number of aryl methyl sites for hydroxylation is 1. The van der Waals surface area contributed by atoms with Gasteiger partial charge in [-0.1, -0.05) is 18.2 Å². The van der Waals surface area contributed by atoms with Gasteiger partial charge in [-0.3, -0.25) is 4.79 Å². The maximum absolute atomic E-state index is 12.5. The number of rotatable bonds is 4. The number of hydrogen-bond donors (Lipinski definition) is 0. The van der Waals surface area contributed by atoms with Gasteiger partial charge < -0.3 is 13.9 Å². The lowest BCUT2D eigenvalue weighted by Gasteiger charge is -2.17.